The second-order valence-corrected chi connectivity index (χ2v) is 5.53. The van der Waals surface area contributed by atoms with Crippen molar-refractivity contribution in [3.05, 3.63) is 28.2 Å². The summed E-state index contributed by atoms with van der Waals surface area (Å²) < 4.78 is 27.0. The number of anilines is 1. The van der Waals surface area contributed by atoms with Crippen molar-refractivity contribution in [1.29, 1.82) is 0 Å². The molecule has 0 aromatic heterocycles. The summed E-state index contributed by atoms with van der Waals surface area (Å²) >= 11 is 3.19. The largest absolute Gasteiger partial charge is 0.379 e. The first-order valence-electron chi connectivity index (χ1n) is 6.01. The number of benzene rings is 1. The first-order chi connectivity index (χ1) is 8.10. The molecule has 1 N–H and O–H groups in total. The van der Waals surface area contributed by atoms with Crippen LogP contribution in [-0.2, 0) is 0 Å². The van der Waals surface area contributed by atoms with Crippen molar-refractivity contribution >= 4 is 21.6 Å². The molecule has 1 aliphatic rings. The average molecular weight is 304 g/mol. The lowest BCUT2D eigenvalue weighted by molar-refractivity contribution is 0.524. The highest BCUT2D eigenvalue weighted by molar-refractivity contribution is 9.10. The average Bonchev–Trinajstić information content (AvgIpc) is 2.71. The van der Waals surface area contributed by atoms with Crippen molar-refractivity contribution in [2.75, 3.05) is 5.32 Å². The van der Waals surface area contributed by atoms with Gasteiger partial charge in [-0.2, -0.15) is 0 Å². The first-order valence-corrected chi connectivity index (χ1v) is 6.80. The van der Waals surface area contributed by atoms with Gasteiger partial charge in [0.25, 0.3) is 0 Å². The van der Waals surface area contributed by atoms with E-state index in [1.165, 1.54) is 18.9 Å². The normalized spacial score (nSPS) is 24.0. The second kappa shape index (κ2) is 5.34. The maximum atomic E-state index is 13.6. The number of halogens is 3. The van der Waals surface area contributed by atoms with Crippen LogP contribution in [0.1, 0.15) is 32.6 Å². The van der Waals surface area contributed by atoms with Crippen LogP contribution < -0.4 is 5.32 Å². The molecular formula is C13H16BrF2N. The molecular weight excluding hydrogens is 288 g/mol. The van der Waals surface area contributed by atoms with Gasteiger partial charge in [-0.3, -0.25) is 0 Å². The summed E-state index contributed by atoms with van der Waals surface area (Å²) in [7, 11) is 0. The van der Waals surface area contributed by atoms with E-state index in [0.717, 1.165) is 24.8 Å². The smallest absolute Gasteiger partial charge is 0.150 e. The van der Waals surface area contributed by atoms with E-state index in [4.69, 9.17) is 0 Å². The Morgan fingerprint density at radius 1 is 1.35 bits per heavy atom. The van der Waals surface area contributed by atoms with Crippen molar-refractivity contribution in [1.82, 2.24) is 0 Å². The van der Waals surface area contributed by atoms with E-state index in [-0.39, 0.29) is 0 Å². The van der Waals surface area contributed by atoms with E-state index >= 15 is 0 Å². The summed E-state index contributed by atoms with van der Waals surface area (Å²) in [6, 6.07) is 2.51. The number of nitrogens with one attached hydrogen (secondary N) is 1. The van der Waals surface area contributed by atoms with Gasteiger partial charge in [-0.1, -0.05) is 13.3 Å². The Morgan fingerprint density at radius 2 is 2.12 bits per heavy atom. The third kappa shape index (κ3) is 2.97. The van der Waals surface area contributed by atoms with E-state index < -0.39 is 11.6 Å². The Kier molecular flexibility index (Phi) is 4.02. The zero-order valence-electron chi connectivity index (χ0n) is 9.77. The summed E-state index contributed by atoms with van der Waals surface area (Å²) in [5.74, 6) is -0.357. The lowest BCUT2D eigenvalue weighted by Gasteiger charge is -2.16. The highest BCUT2D eigenvalue weighted by Gasteiger charge is 2.24. The maximum Gasteiger partial charge on any atom is 0.150 e. The van der Waals surface area contributed by atoms with Gasteiger partial charge in [0.2, 0.25) is 0 Å². The predicted octanol–water partition coefficient (Wildman–Crippen LogP) is 4.72. The molecule has 2 unspecified atom stereocenters. The highest BCUT2D eigenvalue weighted by atomic mass is 79.9. The van der Waals surface area contributed by atoms with E-state index in [0.29, 0.717) is 16.2 Å². The lowest BCUT2D eigenvalue weighted by atomic mass is 10.1. The van der Waals surface area contributed by atoms with Crippen molar-refractivity contribution in [3.63, 3.8) is 0 Å². The van der Waals surface area contributed by atoms with Gasteiger partial charge in [0.1, 0.15) is 11.6 Å². The van der Waals surface area contributed by atoms with Crippen molar-refractivity contribution in [2.45, 2.75) is 38.6 Å². The molecule has 4 heteroatoms. The molecule has 1 aliphatic carbocycles. The van der Waals surface area contributed by atoms with E-state index in [9.17, 15) is 8.78 Å². The summed E-state index contributed by atoms with van der Waals surface area (Å²) in [4.78, 5) is 0. The summed E-state index contributed by atoms with van der Waals surface area (Å²) in [6.45, 7) is 2.18. The minimum atomic E-state index is -0.558. The fourth-order valence-electron chi connectivity index (χ4n) is 2.46. The fourth-order valence-corrected chi connectivity index (χ4v) is 2.98. The van der Waals surface area contributed by atoms with Gasteiger partial charge in [-0.05, 0) is 47.2 Å². The van der Waals surface area contributed by atoms with Gasteiger partial charge in [0.15, 0.2) is 0 Å². The zero-order valence-corrected chi connectivity index (χ0v) is 11.4. The molecule has 0 heterocycles. The molecule has 1 saturated carbocycles. The monoisotopic (exact) mass is 303 g/mol. The Balaban J connectivity index is 2.09. The Labute approximate surface area is 109 Å². The predicted molar refractivity (Wildman–Crippen MR) is 69.1 cm³/mol. The summed E-state index contributed by atoms with van der Waals surface area (Å²) in [6.07, 6.45) is 4.49. The molecule has 94 valence electrons. The molecule has 1 fully saturated rings. The molecule has 1 aromatic carbocycles. The van der Waals surface area contributed by atoms with Crippen LogP contribution in [0.5, 0.6) is 0 Å². The quantitative estimate of drug-likeness (QED) is 0.852. The van der Waals surface area contributed by atoms with Crippen molar-refractivity contribution in [2.24, 2.45) is 5.92 Å². The Hall–Kier alpha value is -0.640. The fraction of sp³-hybridized carbons (Fsp3) is 0.538. The van der Waals surface area contributed by atoms with E-state index in [1.54, 1.807) is 0 Å². The minimum Gasteiger partial charge on any atom is -0.379 e. The van der Waals surface area contributed by atoms with Gasteiger partial charge in [0, 0.05) is 16.6 Å². The molecule has 1 aromatic rings. The van der Waals surface area contributed by atoms with E-state index in [2.05, 4.69) is 28.2 Å². The standard InChI is InChI=1S/C13H16BrF2N/c1-2-8-3-4-10(5-8)17-13-11(14)6-9(15)7-12(13)16/h6-8,10,17H,2-5H2,1H3. The molecule has 0 radical (unpaired) electrons. The lowest BCUT2D eigenvalue weighted by Crippen LogP contribution is -2.17. The Bertz CT molecular complexity index is 385. The van der Waals surface area contributed by atoms with Crippen LogP contribution in [-0.4, -0.2) is 6.04 Å². The molecule has 0 spiro atoms. The molecule has 0 amide bonds. The van der Waals surface area contributed by atoms with Crippen LogP contribution in [0.15, 0.2) is 16.6 Å². The molecule has 0 bridgehead atoms. The zero-order chi connectivity index (χ0) is 12.4. The Morgan fingerprint density at radius 3 is 2.71 bits per heavy atom. The molecule has 0 aliphatic heterocycles. The van der Waals surface area contributed by atoms with Gasteiger partial charge in [-0.25, -0.2) is 8.78 Å². The molecule has 2 rings (SSSR count). The maximum absolute atomic E-state index is 13.6. The highest BCUT2D eigenvalue weighted by Crippen LogP contribution is 2.33. The minimum absolute atomic E-state index is 0.302. The molecule has 17 heavy (non-hydrogen) atoms. The van der Waals surface area contributed by atoms with Gasteiger partial charge in [-0.15, -0.1) is 0 Å². The number of hydrogen-bond donors (Lipinski definition) is 1. The van der Waals surface area contributed by atoms with E-state index in [1.807, 2.05) is 0 Å². The molecule has 2 atom stereocenters. The van der Waals surface area contributed by atoms with Gasteiger partial charge in [0.05, 0.1) is 5.69 Å². The van der Waals surface area contributed by atoms with Crippen LogP contribution in [0.3, 0.4) is 0 Å². The van der Waals surface area contributed by atoms with Crippen LogP contribution in [0, 0.1) is 17.6 Å². The SMILES string of the molecule is CCC1CCC(Nc2c(F)cc(F)cc2Br)C1. The number of rotatable bonds is 3. The summed E-state index contributed by atoms with van der Waals surface area (Å²) in [5, 5.41) is 3.18. The third-order valence-electron chi connectivity index (χ3n) is 3.47. The summed E-state index contributed by atoms with van der Waals surface area (Å²) in [5.41, 5.74) is 0.383. The molecule has 1 nitrogen and oxygen atoms in total. The van der Waals surface area contributed by atoms with Crippen LogP contribution in [0.25, 0.3) is 0 Å². The van der Waals surface area contributed by atoms with Crippen molar-refractivity contribution in [3.8, 4) is 0 Å². The number of hydrogen-bond acceptors (Lipinski definition) is 1. The van der Waals surface area contributed by atoms with Crippen LogP contribution in [0.2, 0.25) is 0 Å². The first kappa shape index (κ1) is 12.8. The van der Waals surface area contributed by atoms with Gasteiger partial charge < -0.3 is 5.32 Å². The van der Waals surface area contributed by atoms with Crippen LogP contribution in [0.4, 0.5) is 14.5 Å². The van der Waals surface area contributed by atoms with Crippen LogP contribution >= 0.6 is 15.9 Å². The molecule has 0 saturated heterocycles. The topological polar surface area (TPSA) is 12.0 Å². The second-order valence-electron chi connectivity index (χ2n) is 4.67. The van der Waals surface area contributed by atoms with Crippen molar-refractivity contribution < 1.29 is 8.78 Å². The van der Waals surface area contributed by atoms with Gasteiger partial charge >= 0.3 is 0 Å². The third-order valence-corrected chi connectivity index (χ3v) is 4.10.